The van der Waals surface area contributed by atoms with E-state index in [0.29, 0.717) is 6.42 Å². The van der Waals surface area contributed by atoms with Gasteiger partial charge >= 0.3 is 11.9 Å². The molecule has 0 aromatic rings. The van der Waals surface area contributed by atoms with Crippen molar-refractivity contribution in [2.75, 3.05) is 19.8 Å². The number of nitrogens with one attached hydrogen (secondary N) is 2. The van der Waals surface area contributed by atoms with Gasteiger partial charge in [0.05, 0.1) is 6.61 Å². The van der Waals surface area contributed by atoms with Gasteiger partial charge in [-0.3, -0.25) is 10.2 Å². The fourth-order valence-electron chi connectivity index (χ4n) is 1.22. The minimum Gasteiger partial charge on any atom is -0.480 e. The van der Waals surface area contributed by atoms with Gasteiger partial charge in [0.15, 0.2) is 0 Å². The molecule has 2 atom stereocenters. The molecule has 0 rings (SSSR count). The maximum atomic E-state index is 11.3. The first-order valence-corrected chi connectivity index (χ1v) is 6.66. The average molecular weight is 317 g/mol. The number of hydrogen-bond donors (Lipinski definition) is 6. The third-order valence-electron chi connectivity index (χ3n) is 2.70. The van der Waals surface area contributed by atoms with Crippen LogP contribution in [0.15, 0.2) is 12.2 Å². The van der Waals surface area contributed by atoms with Crippen LogP contribution in [0.1, 0.15) is 19.8 Å². The lowest BCUT2D eigenvalue weighted by atomic mass is 9.97. The van der Waals surface area contributed by atoms with Gasteiger partial charge in [-0.25, -0.2) is 4.79 Å². The first kappa shape index (κ1) is 20.0. The summed E-state index contributed by atoms with van der Waals surface area (Å²) in [7, 11) is 0. The van der Waals surface area contributed by atoms with Crippen molar-refractivity contribution in [2.45, 2.75) is 31.4 Å². The van der Waals surface area contributed by atoms with Crippen molar-refractivity contribution in [2.24, 2.45) is 5.73 Å². The Labute approximate surface area is 128 Å². The quantitative estimate of drug-likeness (QED) is 0.130. The van der Waals surface area contributed by atoms with Gasteiger partial charge in [-0.05, 0) is 19.8 Å². The molecule has 0 bridgehead atoms. The molecule has 9 heteroatoms. The van der Waals surface area contributed by atoms with Crippen LogP contribution in [0.2, 0.25) is 0 Å². The normalized spacial score (nSPS) is 15.1. The van der Waals surface area contributed by atoms with Crippen LogP contribution in [0.25, 0.3) is 0 Å². The molecule has 9 nitrogen and oxygen atoms in total. The number of rotatable bonds is 9. The summed E-state index contributed by atoms with van der Waals surface area (Å²) in [5.74, 6) is -2.50. The van der Waals surface area contributed by atoms with E-state index < -0.39 is 36.0 Å². The highest BCUT2D eigenvalue weighted by Crippen LogP contribution is 2.09. The van der Waals surface area contributed by atoms with Crippen LogP contribution in [0, 0.1) is 5.41 Å². The van der Waals surface area contributed by atoms with Crippen LogP contribution in [0.3, 0.4) is 0 Å². The lowest BCUT2D eigenvalue weighted by Gasteiger charge is -2.17. The highest BCUT2D eigenvalue weighted by molar-refractivity contribution is 6.33. The number of nitrogens with two attached hydrogens (primary N) is 1. The molecular formula is C13H23N3O6. The van der Waals surface area contributed by atoms with Crippen LogP contribution >= 0.6 is 0 Å². The third kappa shape index (κ3) is 8.35. The first-order chi connectivity index (χ1) is 10.2. The highest BCUT2D eigenvalue weighted by Gasteiger charge is 2.26. The fraction of sp³-hybridized carbons (Fsp3) is 0.615. The number of aliphatic carboxylic acids is 1. The molecule has 0 aromatic carbocycles. The second-order valence-electron chi connectivity index (χ2n) is 4.92. The molecule has 22 heavy (non-hydrogen) atoms. The Morgan fingerprint density at radius 2 is 2.09 bits per heavy atom. The van der Waals surface area contributed by atoms with Gasteiger partial charge in [0.2, 0.25) is 5.84 Å². The third-order valence-corrected chi connectivity index (χ3v) is 2.70. The Hall–Kier alpha value is -1.97. The molecule has 0 saturated heterocycles. The molecule has 0 heterocycles. The van der Waals surface area contributed by atoms with E-state index in [4.69, 9.17) is 26.5 Å². The largest absolute Gasteiger partial charge is 0.480 e. The van der Waals surface area contributed by atoms with E-state index in [1.165, 1.54) is 6.92 Å². The smallest absolute Gasteiger partial charge is 0.373 e. The Kier molecular flexibility index (Phi) is 8.99. The van der Waals surface area contributed by atoms with Gasteiger partial charge in [-0.1, -0.05) is 12.2 Å². The minimum absolute atomic E-state index is 0.185. The summed E-state index contributed by atoms with van der Waals surface area (Å²) < 4.78 is 4.56. The topological polar surface area (TPSA) is 166 Å². The number of carbonyl (C=O) groups excluding carboxylic acids is 1. The lowest BCUT2D eigenvalue weighted by molar-refractivity contribution is -0.143. The Morgan fingerprint density at radius 3 is 2.64 bits per heavy atom. The SMILES string of the molecule is C[C@](N)(CC/C=C\CNC(=N)C(=O)OCC(O)CO)C(=O)O. The number of aliphatic hydroxyl groups excluding tert-OH is 2. The number of carboxylic acids is 1. The Bertz CT molecular complexity index is 422. The van der Waals surface area contributed by atoms with Gasteiger partial charge in [0.1, 0.15) is 18.2 Å². The number of aliphatic hydroxyl groups is 2. The zero-order valence-electron chi connectivity index (χ0n) is 12.4. The molecule has 126 valence electrons. The second-order valence-corrected chi connectivity index (χ2v) is 4.92. The Balaban J connectivity index is 3.90. The van der Waals surface area contributed by atoms with Crippen molar-refractivity contribution >= 4 is 17.8 Å². The molecule has 0 radical (unpaired) electrons. The summed E-state index contributed by atoms with van der Waals surface area (Å²) in [6.07, 6.45) is 2.85. The Morgan fingerprint density at radius 1 is 1.45 bits per heavy atom. The molecule has 7 N–H and O–H groups in total. The number of esters is 1. The number of carbonyl (C=O) groups is 2. The predicted octanol–water partition coefficient (Wildman–Crippen LogP) is -1.41. The summed E-state index contributed by atoms with van der Waals surface area (Å²) in [4.78, 5) is 22.0. The van der Waals surface area contributed by atoms with Crippen molar-refractivity contribution in [1.82, 2.24) is 5.32 Å². The fourth-order valence-corrected chi connectivity index (χ4v) is 1.22. The van der Waals surface area contributed by atoms with Gasteiger partial charge < -0.3 is 31.1 Å². The molecule has 0 amide bonds. The molecule has 0 saturated carbocycles. The number of hydrogen-bond acceptors (Lipinski definition) is 7. The minimum atomic E-state index is -1.29. The van der Waals surface area contributed by atoms with Crippen molar-refractivity contribution in [3.05, 3.63) is 12.2 Å². The predicted molar refractivity (Wildman–Crippen MR) is 78.4 cm³/mol. The second kappa shape index (κ2) is 9.87. The van der Waals surface area contributed by atoms with E-state index in [2.05, 4.69) is 10.1 Å². The van der Waals surface area contributed by atoms with Gasteiger partial charge in [-0.15, -0.1) is 0 Å². The van der Waals surface area contributed by atoms with Crippen molar-refractivity contribution < 1.29 is 29.6 Å². The van der Waals surface area contributed by atoms with Crippen LogP contribution < -0.4 is 11.1 Å². The van der Waals surface area contributed by atoms with E-state index in [1.807, 2.05) is 0 Å². The monoisotopic (exact) mass is 317 g/mol. The van der Waals surface area contributed by atoms with E-state index in [1.54, 1.807) is 12.2 Å². The molecule has 0 aliphatic rings. The zero-order chi connectivity index (χ0) is 17.2. The highest BCUT2D eigenvalue weighted by atomic mass is 16.5. The molecule has 0 fully saturated rings. The summed E-state index contributed by atoms with van der Waals surface area (Å²) in [5.41, 5.74) is 4.26. The van der Waals surface area contributed by atoms with Crippen molar-refractivity contribution in [1.29, 1.82) is 5.41 Å². The maximum absolute atomic E-state index is 11.3. The lowest BCUT2D eigenvalue weighted by Crippen LogP contribution is -2.44. The number of carboxylic acid groups (broad SMARTS) is 1. The van der Waals surface area contributed by atoms with Gasteiger partial charge in [0.25, 0.3) is 0 Å². The molecule has 0 aliphatic heterocycles. The molecule has 1 unspecified atom stereocenters. The van der Waals surface area contributed by atoms with Gasteiger partial charge in [0, 0.05) is 6.54 Å². The summed E-state index contributed by atoms with van der Waals surface area (Å²) in [5, 5.41) is 36.2. The van der Waals surface area contributed by atoms with Crippen LogP contribution in [0.4, 0.5) is 0 Å². The standard InChI is InChI=1S/C13H23N3O6/c1-13(15,12(20)21)5-3-2-4-6-16-10(14)11(19)22-8-9(18)7-17/h2,4,9,17-18H,3,5-8,15H2,1H3,(H2,14,16)(H,20,21)/b4-2-/t9?,13-/m0/s1. The van der Waals surface area contributed by atoms with Crippen molar-refractivity contribution in [3.8, 4) is 0 Å². The average Bonchev–Trinajstić information content (AvgIpc) is 2.47. The van der Waals surface area contributed by atoms with E-state index in [9.17, 15) is 9.59 Å². The zero-order valence-corrected chi connectivity index (χ0v) is 12.4. The molecule has 0 spiro atoms. The molecule has 0 aromatic heterocycles. The number of amidine groups is 1. The maximum Gasteiger partial charge on any atom is 0.373 e. The summed E-state index contributed by atoms with van der Waals surface area (Å²) >= 11 is 0. The first-order valence-electron chi connectivity index (χ1n) is 6.66. The number of allylic oxidation sites excluding steroid dienone is 1. The number of ether oxygens (including phenoxy) is 1. The molecular weight excluding hydrogens is 294 g/mol. The van der Waals surface area contributed by atoms with E-state index in [-0.39, 0.29) is 19.6 Å². The van der Waals surface area contributed by atoms with E-state index in [0.717, 1.165) is 0 Å². The van der Waals surface area contributed by atoms with Crippen LogP contribution in [0.5, 0.6) is 0 Å². The molecule has 0 aliphatic carbocycles. The van der Waals surface area contributed by atoms with Gasteiger partial charge in [-0.2, -0.15) is 0 Å². The summed E-state index contributed by atoms with van der Waals surface area (Å²) in [6, 6.07) is 0. The van der Waals surface area contributed by atoms with Crippen LogP contribution in [-0.4, -0.2) is 64.5 Å². The van der Waals surface area contributed by atoms with Crippen molar-refractivity contribution in [3.63, 3.8) is 0 Å². The summed E-state index contributed by atoms with van der Waals surface area (Å²) in [6.45, 7) is 0.686. The van der Waals surface area contributed by atoms with E-state index >= 15 is 0 Å². The van der Waals surface area contributed by atoms with Crippen LogP contribution in [-0.2, 0) is 14.3 Å².